The van der Waals surface area contributed by atoms with Crippen molar-refractivity contribution in [1.82, 2.24) is 14.7 Å². The van der Waals surface area contributed by atoms with Crippen molar-refractivity contribution in [3.63, 3.8) is 0 Å². The zero-order chi connectivity index (χ0) is 23.2. The molecule has 33 heavy (non-hydrogen) atoms. The quantitative estimate of drug-likeness (QED) is 0.405. The van der Waals surface area contributed by atoms with Gasteiger partial charge in [-0.2, -0.15) is 0 Å². The highest BCUT2D eigenvalue weighted by molar-refractivity contribution is 5.66. The zero-order valence-electron chi connectivity index (χ0n) is 18.3. The van der Waals surface area contributed by atoms with Gasteiger partial charge in [0.2, 0.25) is 5.89 Å². The monoisotopic (exact) mass is 445 g/mol. The number of aromatic nitrogens is 3. The zero-order valence-corrected chi connectivity index (χ0v) is 18.3. The minimum Gasteiger partial charge on any atom is -0.487 e. The van der Waals surface area contributed by atoms with Gasteiger partial charge >= 0.3 is 11.4 Å². The molecule has 0 spiro atoms. The van der Waals surface area contributed by atoms with Gasteiger partial charge in [-0.3, -0.25) is 0 Å². The number of hydrogen-bond acceptors (Lipinski definition) is 6. The molecule has 0 radical (unpaired) electrons. The number of nitrogens with one attached hydrogen (secondary N) is 1. The maximum atomic E-state index is 11.4. The predicted octanol–water partition coefficient (Wildman–Crippen LogP) is 4.33. The van der Waals surface area contributed by atoms with E-state index >= 15 is 0 Å². The van der Waals surface area contributed by atoms with Gasteiger partial charge in [-0.1, -0.05) is 48.6 Å². The summed E-state index contributed by atoms with van der Waals surface area (Å²) in [6.45, 7) is 4.30. The summed E-state index contributed by atoms with van der Waals surface area (Å²) in [5.41, 5.74) is 3.09. The van der Waals surface area contributed by atoms with Gasteiger partial charge in [-0.15, -0.1) is 4.74 Å². The lowest BCUT2D eigenvalue weighted by molar-refractivity contribution is 0.260. The highest BCUT2D eigenvalue weighted by Crippen LogP contribution is 2.24. The Labute approximate surface area is 189 Å². The fraction of sp³-hybridized carbons (Fsp3) is 0.160. The summed E-state index contributed by atoms with van der Waals surface area (Å²) < 4.78 is 17.4. The number of benzene rings is 2. The van der Waals surface area contributed by atoms with Gasteiger partial charge in [-0.05, 0) is 49.2 Å². The summed E-state index contributed by atoms with van der Waals surface area (Å²) in [5, 5.41) is 0. The average molecular weight is 445 g/mol. The van der Waals surface area contributed by atoms with E-state index in [0.29, 0.717) is 18.2 Å². The van der Waals surface area contributed by atoms with Crippen molar-refractivity contribution in [3.8, 4) is 17.2 Å². The van der Waals surface area contributed by atoms with Crippen LogP contribution < -0.4 is 16.2 Å². The molecule has 2 aromatic carbocycles. The molecule has 0 aliphatic heterocycles. The Morgan fingerprint density at radius 3 is 2.73 bits per heavy atom. The molecule has 4 aromatic rings. The number of oxazole rings is 1. The second-order valence-electron chi connectivity index (χ2n) is 7.35. The molecule has 0 saturated carbocycles. The van der Waals surface area contributed by atoms with Crippen molar-refractivity contribution in [2.45, 2.75) is 27.0 Å². The van der Waals surface area contributed by atoms with E-state index in [0.717, 1.165) is 32.9 Å². The van der Waals surface area contributed by atoms with E-state index < -0.39 is 11.4 Å². The maximum absolute atomic E-state index is 11.4. The van der Waals surface area contributed by atoms with Gasteiger partial charge in [-0.25, -0.2) is 19.6 Å². The Bertz CT molecular complexity index is 1400. The molecule has 168 valence electrons. The number of aryl methyl sites for hydroxylation is 1. The summed E-state index contributed by atoms with van der Waals surface area (Å²) in [4.78, 5) is 29.0. The van der Waals surface area contributed by atoms with E-state index in [1.807, 2.05) is 79.5 Å². The molecule has 4 rings (SSSR count). The molecular formula is C25H23N3O5. The number of nitrogens with zero attached hydrogens (tertiary/aromatic N) is 2. The number of aromatic amines is 1. The minimum absolute atomic E-state index is 0.159. The standard InChI is InChI=1S/C25H23N3O5/c1-17(9-6-7-14-28-24(29)27-25(30)33-28)20-12-8-13-21(15-20)31-16-22-18(2)32-23(26-22)19-10-4-3-5-11-19/h3-13,15H,14,16H2,1-2H3,(H,27,29,30)/b7-6+,17-9-. The maximum Gasteiger partial charge on any atom is 0.440 e. The first-order valence-electron chi connectivity index (χ1n) is 10.4. The smallest absolute Gasteiger partial charge is 0.440 e. The molecule has 0 fully saturated rings. The summed E-state index contributed by atoms with van der Waals surface area (Å²) in [6, 6.07) is 17.5. The molecule has 1 N–H and O–H groups in total. The molecule has 0 aliphatic rings. The van der Waals surface area contributed by atoms with Gasteiger partial charge in [0, 0.05) is 5.56 Å². The van der Waals surface area contributed by atoms with Crippen molar-refractivity contribution in [1.29, 1.82) is 0 Å². The van der Waals surface area contributed by atoms with Crippen molar-refractivity contribution in [2.24, 2.45) is 0 Å². The lowest BCUT2D eigenvalue weighted by Gasteiger charge is -2.07. The number of allylic oxidation sites excluding steroid dienone is 4. The van der Waals surface area contributed by atoms with E-state index in [-0.39, 0.29) is 6.54 Å². The van der Waals surface area contributed by atoms with E-state index in [1.54, 1.807) is 12.2 Å². The first-order valence-corrected chi connectivity index (χ1v) is 10.4. The van der Waals surface area contributed by atoms with Crippen LogP contribution in [0.1, 0.15) is 23.9 Å². The Morgan fingerprint density at radius 2 is 1.97 bits per heavy atom. The Kier molecular flexibility index (Phi) is 6.54. The molecule has 8 heteroatoms. The molecule has 0 aliphatic carbocycles. The largest absolute Gasteiger partial charge is 0.487 e. The molecular weight excluding hydrogens is 422 g/mol. The number of H-pyrrole nitrogens is 1. The van der Waals surface area contributed by atoms with Gasteiger partial charge in [0.1, 0.15) is 23.8 Å². The molecule has 2 heterocycles. The van der Waals surface area contributed by atoms with Gasteiger partial charge in [0.15, 0.2) is 0 Å². The number of hydrogen-bond donors (Lipinski definition) is 1. The van der Waals surface area contributed by atoms with Crippen molar-refractivity contribution >= 4 is 5.57 Å². The van der Waals surface area contributed by atoms with Crippen LogP contribution in [0.15, 0.2) is 91.4 Å². The Hall–Kier alpha value is -4.33. The second kappa shape index (κ2) is 9.86. The molecule has 0 unspecified atom stereocenters. The van der Waals surface area contributed by atoms with Crippen LogP contribution in [0.2, 0.25) is 0 Å². The third kappa shape index (κ3) is 5.48. The third-order valence-corrected chi connectivity index (χ3v) is 4.96. The summed E-state index contributed by atoms with van der Waals surface area (Å²) in [6.07, 6.45) is 5.43. The Morgan fingerprint density at radius 1 is 1.15 bits per heavy atom. The van der Waals surface area contributed by atoms with Crippen LogP contribution in [0.5, 0.6) is 5.75 Å². The van der Waals surface area contributed by atoms with E-state index in [1.165, 1.54) is 0 Å². The van der Waals surface area contributed by atoms with Crippen LogP contribution in [-0.4, -0.2) is 14.7 Å². The van der Waals surface area contributed by atoms with Crippen molar-refractivity contribution < 1.29 is 13.7 Å². The summed E-state index contributed by atoms with van der Waals surface area (Å²) >= 11 is 0. The molecule has 0 saturated heterocycles. The van der Waals surface area contributed by atoms with Gasteiger partial charge in [0.25, 0.3) is 0 Å². The highest BCUT2D eigenvalue weighted by atomic mass is 16.5. The normalized spacial score (nSPS) is 11.9. The topological polar surface area (TPSA) is 103 Å². The molecule has 0 bridgehead atoms. The Balaban J connectivity index is 1.39. The average Bonchev–Trinajstić information content (AvgIpc) is 3.36. The minimum atomic E-state index is -0.769. The van der Waals surface area contributed by atoms with Crippen LogP contribution in [0, 0.1) is 6.92 Å². The number of ether oxygens (including phenoxy) is 1. The fourth-order valence-corrected chi connectivity index (χ4v) is 3.15. The third-order valence-electron chi connectivity index (χ3n) is 4.96. The second-order valence-corrected chi connectivity index (χ2v) is 7.35. The first kappa shape index (κ1) is 21.9. The van der Waals surface area contributed by atoms with E-state index in [2.05, 4.69) is 4.98 Å². The van der Waals surface area contributed by atoms with Gasteiger partial charge < -0.3 is 13.7 Å². The van der Waals surface area contributed by atoms with Crippen molar-refractivity contribution in [2.75, 3.05) is 0 Å². The molecule has 2 aromatic heterocycles. The molecule has 0 amide bonds. The lowest BCUT2D eigenvalue weighted by Crippen LogP contribution is -2.15. The van der Waals surface area contributed by atoms with Crippen LogP contribution in [0.4, 0.5) is 0 Å². The molecule has 0 atom stereocenters. The van der Waals surface area contributed by atoms with Crippen molar-refractivity contribution in [3.05, 3.63) is 111 Å². The fourth-order valence-electron chi connectivity index (χ4n) is 3.15. The van der Waals surface area contributed by atoms with Crippen LogP contribution >= 0.6 is 0 Å². The SMILES string of the molecule is C/C(=C/C=C/Cn1oc(=O)[nH]c1=O)c1cccc(OCc2nc(-c3ccccc3)oc2C)c1. The predicted molar refractivity (Wildman–Crippen MR) is 124 cm³/mol. The summed E-state index contributed by atoms with van der Waals surface area (Å²) in [7, 11) is 0. The molecule has 8 nitrogen and oxygen atoms in total. The first-order chi connectivity index (χ1) is 16.0. The van der Waals surface area contributed by atoms with Crippen LogP contribution in [0.3, 0.4) is 0 Å². The summed E-state index contributed by atoms with van der Waals surface area (Å²) in [5.74, 6) is 1.25. The van der Waals surface area contributed by atoms with Gasteiger partial charge in [0.05, 0.1) is 6.54 Å². The number of rotatable bonds is 8. The van der Waals surface area contributed by atoms with Crippen LogP contribution in [-0.2, 0) is 13.2 Å². The highest BCUT2D eigenvalue weighted by Gasteiger charge is 2.12. The van der Waals surface area contributed by atoms with Crippen LogP contribution in [0.25, 0.3) is 17.0 Å². The lowest BCUT2D eigenvalue weighted by atomic mass is 10.1. The van der Waals surface area contributed by atoms with E-state index in [4.69, 9.17) is 13.7 Å². The van der Waals surface area contributed by atoms with E-state index in [9.17, 15) is 9.59 Å².